The van der Waals surface area contributed by atoms with Crippen LogP contribution in [-0.2, 0) is 9.47 Å². The van der Waals surface area contributed by atoms with Crippen LogP contribution in [0.4, 0.5) is 0 Å². The van der Waals surface area contributed by atoms with E-state index >= 15 is 0 Å². The highest BCUT2D eigenvalue weighted by molar-refractivity contribution is 4.54. The van der Waals surface area contributed by atoms with Crippen molar-refractivity contribution in [2.75, 3.05) is 13.2 Å². The van der Waals surface area contributed by atoms with Gasteiger partial charge in [-0.3, -0.25) is 0 Å². The Bertz CT molecular complexity index is 117. The molecule has 13 heavy (non-hydrogen) atoms. The SMILES string of the molecule is CC(C)CCCCC1OCCCO1. The van der Waals surface area contributed by atoms with Crippen molar-refractivity contribution in [2.45, 2.75) is 52.2 Å². The molecule has 0 aromatic carbocycles. The molecule has 2 nitrogen and oxygen atoms in total. The lowest BCUT2D eigenvalue weighted by Gasteiger charge is -2.23. The van der Waals surface area contributed by atoms with Gasteiger partial charge in [0.1, 0.15) is 0 Å². The number of ether oxygens (including phenoxy) is 2. The molecule has 0 aromatic heterocycles. The molecule has 1 aliphatic rings. The van der Waals surface area contributed by atoms with Crippen LogP contribution in [0.1, 0.15) is 46.0 Å². The monoisotopic (exact) mass is 186 g/mol. The third-order valence-corrected chi connectivity index (χ3v) is 2.37. The Labute approximate surface area is 81.6 Å². The normalized spacial score (nSPS) is 19.6. The molecule has 1 heterocycles. The zero-order valence-corrected chi connectivity index (χ0v) is 8.92. The lowest BCUT2D eigenvalue weighted by molar-refractivity contribution is -0.181. The molecular formula is C11H22O2. The summed E-state index contributed by atoms with van der Waals surface area (Å²) in [5, 5.41) is 0. The van der Waals surface area contributed by atoms with Gasteiger partial charge in [-0.1, -0.05) is 26.7 Å². The first kappa shape index (κ1) is 11.0. The first-order valence-corrected chi connectivity index (χ1v) is 5.52. The second kappa shape index (κ2) is 6.39. The molecule has 0 radical (unpaired) electrons. The molecule has 1 aliphatic heterocycles. The number of hydrogen-bond donors (Lipinski definition) is 0. The zero-order valence-electron chi connectivity index (χ0n) is 8.92. The number of hydrogen-bond acceptors (Lipinski definition) is 2. The van der Waals surface area contributed by atoms with Crippen LogP contribution in [-0.4, -0.2) is 19.5 Å². The van der Waals surface area contributed by atoms with Gasteiger partial charge >= 0.3 is 0 Å². The summed E-state index contributed by atoms with van der Waals surface area (Å²) in [6.07, 6.45) is 6.10. The lowest BCUT2D eigenvalue weighted by atomic mass is 10.1. The minimum absolute atomic E-state index is 0.0981. The highest BCUT2D eigenvalue weighted by Gasteiger charge is 2.12. The van der Waals surface area contributed by atoms with Crippen molar-refractivity contribution in [3.63, 3.8) is 0 Å². The summed E-state index contributed by atoms with van der Waals surface area (Å²) in [7, 11) is 0. The van der Waals surface area contributed by atoms with Crippen molar-refractivity contribution in [1.82, 2.24) is 0 Å². The number of unbranched alkanes of at least 4 members (excludes halogenated alkanes) is 1. The number of rotatable bonds is 5. The van der Waals surface area contributed by atoms with Crippen molar-refractivity contribution >= 4 is 0 Å². The average Bonchev–Trinajstić information content (AvgIpc) is 2.14. The third kappa shape index (κ3) is 5.27. The van der Waals surface area contributed by atoms with Crippen LogP contribution in [0, 0.1) is 5.92 Å². The maximum absolute atomic E-state index is 5.46. The molecule has 1 saturated heterocycles. The summed E-state index contributed by atoms with van der Waals surface area (Å²) < 4.78 is 10.9. The third-order valence-electron chi connectivity index (χ3n) is 2.37. The Hall–Kier alpha value is -0.0800. The molecular weight excluding hydrogens is 164 g/mol. The van der Waals surface area contributed by atoms with E-state index in [1.165, 1.54) is 19.3 Å². The van der Waals surface area contributed by atoms with E-state index in [1.54, 1.807) is 0 Å². The van der Waals surface area contributed by atoms with Gasteiger partial charge in [-0.05, 0) is 25.2 Å². The average molecular weight is 186 g/mol. The van der Waals surface area contributed by atoms with E-state index in [0.717, 1.165) is 32.0 Å². The molecule has 1 rings (SSSR count). The van der Waals surface area contributed by atoms with Crippen LogP contribution < -0.4 is 0 Å². The van der Waals surface area contributed by atoms with Crippen LogP contribution in [0.5, 0.6) is 0 Å². The molecule has 0 amide bonds. The summed E-state index contributed by atoms with van der Waals surface area (Å²) in [6.45, 7) is 6.31. The van der Waals surface area contributed by atoms with Crippen LogP contribution in [0.2, 0.25) is 0 Å². The molecule has 0 atom stereocenters. The van der Waals surface area contributed by atoms with Gasteiger partial charge in [0.25, 0.3) is 0 Å². The fourth-order valence-corrected chi connectivity index (χ4v) is 1.57. The van der Waals surface area contributed by atoms with Crippen LogP contribution >= 0.6 is 0 Å². The Morgan fingerprint density at radius 3 is 2.46 bits per heavy atom. The van der Waals surface area contributed by atoms with E-state index < -0.39 is 0 Å². The predicted molar refractivity (Wildman–Crippen MR) is 53.6 cm³/mol. The summed E-state index contributed by atoms with van der Waals surface area (Å²) in [5.41, 5.74) is 0. The van der Waals surface area contributed by atoms with E-state index in [0.29, 0.717) is 0 Å². The molecule has 0 saturated carbocycles. The van der Waals surface area contributed by atoms with Crippen molar-refractivity contribution < 1.29 is 9.47 Å². The maximum Gasteiger partial charge on any atom is 0.157 e. The van der Waals surface area contributed by atoms with Crippen LogP contribution in [0.3, 0.4) is 0 Å². The molecule has 0 spiro atoms. The van der Waals surface area contributed by atoms with Gasteiger partial charge in [0.05, 0.1) is 13.2 Å². The summed E-state index contributed by atoms with van der Waals surface area (Å²) in [4.78, 5) is 0. The molecule has 78 valence electrons. The van der Waals surface area contributed by atoms with Gasteiger partial charge < -0.3 is 9.47 Å². The van der Waals surface area contributed by atoms with E-state index in [-0.39, 0.29) is 6.29 Å². The van der Waals surface area contributed by atoms with Gasteiger partial charge in [-0.25, -0.2) is 0 Å². The van der Waals surface area contributed by atoms with E-state index in [1.807, 2.05) is 0 Å². The van der Waals surface area contributed by atoms with Crippen molar-refractivity contribution in [3.8, 4) is 0 Å². The fourth-order valence-electron chi connectivity index (χ4n) is 1.57. The summed E-state index contributed by atoms with van der Waals surface area (Å²) >= 11 is 0. The Morgan fingerprint density at radius 1 is 1.15 bits per heavy atom. The smallest absolute Gasteiger partial charge is 0.157 e. The van der Waals surface area contributed by atoms with Crippen LogP contribution in [0.25, 0.3) is 0 Å². The quantitative estimate of drug-likeness (QED) is 0.614. The van der Waals surface area contributed by atoms with Gasteiger partial charge in [-0.2, -0.15) is 0 Å². The molecule has 0 aliphatic carbocycles. The molecule has 2 heteroatoms. The Kier molecular flexibility index (Phi) is 5.40. The van der Waals surface area contributed by atoms with Gasteiger partial charge in [0, 0.05) is 0 Å². The van der Waals surface area contributed by atoms with Crippen LogP contribution in [0.15, 0.2) is 0 Å². The Morgan fingerprint density at radius 2 is 1.85 bits per heavy atom. The van der Waals surface area contributed by atoms with Gasteiger partial charge in [0.2, 0.25) is 0 Å². The molecule has 0 bridgehead atoms. The largest absolute Gasteiger partial charge is 0.353 e. The second-order valence-corrected chi connectivity index (χ2v) is 4.20. The first-order chi connectivity index (χ1) is 6.29. The molecule has 0 unspecified atom stereocenters. The predicted octanol–water partition coefficient (Wildman–Crippen LogP) is 2.97. The standard InChI is InChI=1S/C11H22O2/c1-10(2)6-3-4-7-11-12-8-5-9-13-11/h10-11H,3-9H2,1-2H3. The van der Waals surface area contributed by atoms with Gasteiger partial charge in [0.15, 0.2) is 6.29 Å². The van der Waals surface area contributed by atoms with Crippen molar-refractivity contribution in [3.05, 3.63) is 0 Å². The molecule has 0 aromatic rings. The van der Waals surface area contributed by atoms with Crippen molar-refractivity contribution in [1.29, 1.82) is 0 Å². The summed E-state index contributed by atoms with van der Waals surface area (Å²) in [5.74, 6) is 0.827. The highest BCUT2D eigenvalue weighted by Crippen LogP contribution is 2.14. The summed E-state index contributed by atoms with van der Waals surface area (Å²) in [6, 6.07) is 0. The fraction of sp³-hybridized carbons (Fsp3) is 1.00. The van der Waals surface area contributed by atoms with Gasteiger partial charge in [-0.15, -0.1) is 0 Å². The topological polar surface area (TPSA) is 18.5 Å². The first-order valence-electron chi connectivity index (χ1n) is 5.52. The molecule has 0 N–H and O–H groups in total. The van der Waals surface area contributed by atoms with E-state index in [2.05, 4.69) is 13.8 Å². The zero-order chi connectivity index (χ0) is 9.52. The second-order valence-electron chi connectivity index (χ2n) is 4.20. The maximum atomic E-state index is 5.46. The molecule has 1 fully saturated rings. The minimum atomic E-state index is 0.0981. The van der Waals surface area contributed by atoms with Crippen molar-refractivity contribution in [2.24, 2.45) is 5.92 Å². The lowest BCUT2D eigenvalue weighted by Crippen LogP contribution is -2.24. The van der Waals surface area contributed by atoms with E-state index in [4.69, 9.17) is 9.47 Å². The minimum Gasteiger partial charge on any atom is -0.353 e. The van der Waals surface area contributed by atoms with E-state index in [9.17, 15) is 0 Å². The highest BCUT2D eigenvalue weighted by atomic mass is 16.7. The Balaban J connectivity index is 1.92.